The van der Waals surface area contributed by atoms with E-state index in [9.17, 15) is 9.18 Å². The molecule has 27 heavy (non-hydrogen) atoms. The van der Waals surface area contributed by atoms with E-state index in [0.717, 1.165) is 23.8 Å². The number of hydrogen-bond donors (Lipinski definition) is 1. The smallest absolute Gasteiger partial charge is 0.253 e. The van der Waals surface area contributed by atoms with Crippen LogP contribution in [0.15, 0.2) is 30.6 Å². The van der Waals surface area contributed by atoms with Crippen molar-refractivity contribution in [2.24, 2.45) is 0 Å². The molecular weight excluding hydrogens is 374 g/mol. The van der Waals surface area contributed by atoms with Crippen LogP contribution in [0.2, 0.25) is 5.02 Å². The second-order valence-electron chi connectivity index (χ2n) is 6.37. The molecule has 1 aliphatic rings. The van der Waals surface area contributed by atoms with Gasteiger partial charge < -0.3 is 10.2 Å². The van der Waals surface area contributed by atoms with Gasteiger partial charge in [0.05, 0.1) is 11.6 Å². The number of hydrogen-bond acceptors (Lipinski definition) is 4. The molecule has 1 aromatic carbocycles. The number of carbonyl (C=O) groups is 1. The van der Waals surface area contributed by atoms with Gasteiger partial charge in [-0.1, -0.05) is 11.6 Å². The highest BCUT2D eigenvalue weighted by atomic mass is 35.5. The molecule has 1 fully saturated rings. The van der Waals surface area contributed by atoms with Gasteiger partial charge in [-0.3, -0.25) is 4.79 Å². The molecule has 0 radical (unpaired) electrons. The van der Waals surface area contributed by atoms with Crippen LogP contribution in [0.25, 0.3) is 0 Å². The zero-order valence-electron chi connectivity index (χ0n) is 18.6. The van der Waals surface area contributed by atoms with Crippen molar-refractivity contribution in [2.75, 3.05) is 19.5 Å². The average Bonchev–Trinajstić information content (AvgIpc) is 2.63. The molecule has 0 saturated carbocycles. The van der Waals surface area contributed by atoms with Crippen LogP contribution in [-0.2, 0) is 6.54 Å². The molecule has 144 valence electrons. The Hall–Kier alpha value is -2.12. The van der Waals surface area contributed by atoms with Crippen molar-refractivity contribution in [3.05, 3.63) is 58.4 Å². The van der Waals surface area contributed by atoms with Gasteiger partial charge in [0.15, 0.2) is 0 Å². The number of benzene rings is 1. The van der Waals surface area contributed by atoms with Crippen LogP contribution in [0.3, 0.4) is 0 Å². The standard InChI is InChI=1S/C19H21ClF2N4O/c1-13-9-24-17(25-10-13)11-23-12-19(22)4-6-26(7-5-19)18(27)14-2-3-16(21)15(20)8-14/h2-3,8-10,23H,4-7,11-12H2,1H3/i6D2,7D2. The molecule has 0 aliphatic carbocycles. The molecule has 2 aromatic rings. The predicted molar refractivity (Wildman–Crippen MR) is 98.9 cm³/mol. The van der Waals surface area contributed by atoms with Gasteiger partial charge in [-0.25, -0.2) is 18.7 Å². The largest absolute Gasteiger partial charge is 0.338 e. The van der Waals surface area contributed by atoms with Gasteiger partial charge in [-0.05, 0) is 30.7 Å². The second kappa shape index (κ2) is 8.27. The Bertz CT molecular complexity index is 960. The van der Waals surface area contributed by atoms with Gasteiger partial charge in [0.2, 0.25) is 0 Å². The Kier molecular flexibility index (Phi) is 4.56. The minimum atomic E-state index is -2.64. The lowest BCUT2D eigenvalue weighted by atomic mass is 9.92. The van der Waals surface area contributed by atoms with Crippen molar-refractivity contribution in [3.63, 3.8) is 0 Å². The number of rotatable bonds is 5. The normalized spacial score (nSPS) is 22.3. The van der Waals surface area contributed by atoms with Crippen molar-refractivity contribution in [3.8, 4) is 0 Å². The number of likely N-dealkylation sites (tertiary alicyclic amines) is 1. The monoisotopic (exact) mass is 398 g/mol. The van der Waals surface area contributed by atoms with E-state index in [2.05, 4.69) is 15.3 Å². The lowest BCUT2D eigenvalue weighted by molar-refractivity contribution is 0.0434. The Labute approximate surface area is 167 Å². The van der Waals surface area contributed by atoms with Crippen LogP contribution in [0, 0.1) is 12.7 Å². The summed E-state index contributed by atoms with van der Waals surface area (Å²) in [7, 11) is 0. The third-order valence-electron chi connectivity index (χ3n) is 4.04. The maximum absolute atomic E-state index is 15.5. The summed E-state index contributed by atoms with van der Waals surface area (Å²) in [6, 6.07) is 3.00. The number of piperidine rings is 1. The Balaban J connectivity index is 1.75. The van der Waals surface area contributed by atoms with E-state index in [4.69, 9.17) is 17.1 Å². The van der Waals surface area contributed by atoms with Crippen LogP contribution in [-0.4, -0.2) is 46.0 Å². The van der Waals surface area contributed by atoms with E-state index >= 15 is 4.39 Å². The van der Waals surface area contributed by atoms with Crippen molar-refractivity contribution < 1.29 is 19.1 Å². The fourth-order valence-electron chi connectivity index (χ4n) is 2.50. The number of aromatic nitrogens is 2. The molecule has 5 nitrogen and oxygen atoms in total. The molecule has 0 atom stereocenters. The van der Waals surface area contributed by atoms with Crippen LogP contribution in [0.4, 0.5) is 8.78 Å². The highest BCUT2D eigenvalue weighted by molar-refractivity contribution is 6.31. The Morgan fingerprint density at radius 3 is 2.67 bits per heavy atom. The SMILES string of the molecule is [2H]C1([2H])CC(F)(CNCc2ncc(C)cn2)CC([2H])([2H])N1C(=O)c1ccc(F)c(Cl)c1. The summed E-state index contributed by atoms with van der Waals surface area (Å²) in [6.45, 7) is -3.69. The van der Waals surface area contributed by atoms with E-state index in [-0.39, 0.29) is 23.7 Å². The molecule has 0 unspecified atom stereocenters. The zero-order chi connectivity index (χ0) is 23.0. The minimum absolute atomic E-state index is 0.120. The summed E-state index contributed by atoms with van der Waals surface area (Å²) in [5, 5.41) is 2.45. The predicted octanol–water partition coefficient (Wildman–Crippen LogP) is 3.31. The van der Waals surface area contributed by atoms with Gasteiger partial charge in [-0.2, -0.15) is 0 Å². The molecule has 0 bridgehead atoms. The maximum Gasteiger partial charge on any atom is 0.253 e. The van der Waals surface area contributed by atoms with Crippen LogP contribution >= 0.6 is 11.6 Å². The van der Waals surface area contributed by atoms with Crippen LogP contribution in [0.5, 0.6) is 0 Å². The van der Waals surface area contributed by atoms with E-state index in [1.165, 1.54) is 0 Å². The number of nitrogens with one attached hydrogen (secondary N) is 1. The number of amides is 1. The topological polar surface area (TPSA) is 58.1 Å². The first-order valence-corrected chi connectivity index (χ1v) is 8.68. The van der Waals surface area contributed by atoms with Gasteiger partial charge in [0, 0.05) is 55.8 Å². The summed E-state index contributed by atoms with van der Waals surface area (Å²) in [6.07, 6.45) is 1.72. The van der Waals surface area contributed by atoms with Crippen molar-refractivity contribution >= 4 is 17.5 Å². The van der Waals surface area contributed by atoms with Gasteiger partial charge in [0.1, 0.15) is 17.3 Å². The number of aryl methyl sites for hydroxylation is 1. The van der Waals surface area contributed by atoms with Crippen molar-refractivity contribution in [2.45, 2.75) is 32.0 Å². The van der Waals surface area contributed by atoms with Crippen molar-refractivity contribution in [1.82, 2.24) is 20.2 Å². The minimum Gasteiger partial charge on any atom is -0.338 e. The lowest BCUT2D eigenvalue weighted by Gasteiger charge is -2.36. The quantitative estimate of drug-likeness (QED) is 0.839. The molecule has 2 heterocycles. The molecule has 8 heteroatoms. The Morgan fingerprint density at radius 1 is 1.37 bits per heavy atom. The number of nitrogens with zero attached hydrogens (tertiary/aromatic N) is 3. The summed E-state index contributed by atoms with van der Waals surface area (Å²) in [5.74, 6) is -1.39. The number of carbonyl (C=O) groups excluding carboxylic acids is 1. The summed E-state index contributed by atoms with van der Waals surface area (Å²) < 4.78 is 61.8. The average molecular weight is 399 g/mol. The molecule has 3 rings (SSSR count). The van der Waals surface area contributed by atoms with E-state index in [1.807, 2.05) is 6.92 Å². The fraction of sp³-hybridized carbons (Fsp3) is 0.421. The first kappa shape index (κ1) is 14.9. The number of alkyl halides is 1. The lowest BCUT2D eigenvalue weighted by Crippen LogP contribution is -2.48. The first-order valence-electron chi connectivity index (χ1n) is 10.3. The van der Waals surface area contributed by atoms with Crippen molar-refractivity contribution in [1.29, 1.82) is 0 Å². The molecule has 1 amide bonds. The fourth-order valence-corrected chi connectivity index (χ4v) is 2.68. The summed E-state index contributed by atoms with van der Waals surface area (Å²) in [5.41, 5.74) is -1.60. The van der Waals surface area contributed by atoms with E-state index in [1.54, 1.807) is 12.4 Å². The van der Waals surface area contributed by atoms with Crippen LogP contribution < -0.4 is 5.32 Å². The summed E-state index contributed by atoms with van der Waals surface area (Å²) >= 11 is 5.69. The molecule has 1 N–H and O–H groups in total. The number of halogens is 3. The zero-order valence-corrected chi connectivity index (χ0v) is 15.4. The summed E-state index contributed by atoms with van der Waals surface area (Å²) in [4.78, 5) is 21.4. The Morgan fingerprint density at radius 2 is 2.04 bits per heavy atom. The molecule has 1 saturated heterocycles. The van der Waals surface area contributed by atoms with Gasteiger partial charge in [0.25, 0.3) is 5.91 Å². The van der Waals surface area contributed by atoms with Gasteiger partial charge in [-0.15, -0.1) is 0 Å². The first-order chi connectivity index (χ1) is 14.3. The van der Waals surface area contributed by atoms with Gasteiger partial charge >= 0.3 is 0 Å². The van der Waals surface area contributed by atoms with Crippen LogP contribution in [0.1, 0.15) is 40.1 Å². The third-order valence-corrected chi connectivity index (χ3v) is 4.33. The van der Waals surface area contributed by atoms with E-state index in [0.29, 0.717) is 10.7 Å². The molecule has 1 aliphatic heterocycles. The third kappa shape index (κ3) is 4.99. The highest BCUT2D eigenvalue weighted by Crippen LogP contribution is 2.27. The molecule has 0 spiro atoms. The molecule has 1 aromatic heterocycles. The molecular formula is C19H21ClF2N4O. The van der Waals surface area contributed by atoms with E-state index < -0.39 is 43.2 Å². The highest BCUT2D eigenvalue weighted by Gasteiger charge is 2.36. The second-order valence-corrected chi connectivity index (χ2v) is 6.78. The maximum atomic E-state index is 15.5.